The Morgan fingerprint density at radius 3 is 0.688 bits per heavy atom. The molecule has 0 aliphatic rings. The van der Waals surface area contributed by atoms with Crippen molar-refractivity contribution in [3.8, 4) is 0 Å². The van der Waals surface area contributed by atoms with Crippen LogP contribution in [0, 0.1) is 10.8 Å². The van der Waals surface area contributed by atoms with Crippen LogP contribution in [0.4, 0.5) is 0 Å². The summed E-state index contributed by atoms with van der Waals surface area (Å²) in [4.78, 5) is 30.7. The quantitative estimate of drug-likeness (QED) is 0.0147. The zero-order valence-corrected chi connectivity index (χ0v) is 88.9. The fourth-order valence-corrected chi connectivity index (χ4v) is 19.3. The summed E-state index contributed by atoms with van der Waals surface area (Å²) >= 11 is 0. The number of ether oxygens (including phenoxy) is 4. The molecule has 0 heterocycles. The summed E-state index contributed by atoms with van der Waals surface area (Å²) in [5.41, 5.74) is -1.24. The predicted octanol–water partition coefficient (Wildman–Crippen LogP) is 30.7. The summed E-state index contributed by atoms with van der Waals surface area (Å²) in [7, 11) is -4.96. The van der Waals surface area contributed by atoms with Crippen molar-refractivity contribution in [2.24, 2.45) is 10.8 Å². The van der Waals surface area contributed by atoms with E-state index in [1.807, 2.05) is 27.7 Å². The van der Waals surface area contributed by atoms with Gasteiger partial charge in [-0.25, -0.2) is 0 Å². The van der Waals surface area contributed by atoms with Gasteiger partial charge < -0.3 is 57.1 Å². The zero-order valence-electron chi connectivity index (χ0n) is 86.9. The molecule has 0 aromatic heterocycles. The van der Waals surface area contributed by atoms with E-state index >= 15 is 0 Å². The Morgan fingerprint density at radius 2 is 0.461 bits per heavy atom. The monoisotopic (exact) mass is 1850 g/mol. The SMILES string of the molecule is CCCCCCCC/C=C\CCCCCCCCOC(=O)C(C)(C)CCC(OCCCCCCCC/C=C\CCCCCCCC)O[Si](C)(C)OCCCCCCN(CCO)CCO.CCCCCCCC/C=C\CCCCCCCCOC(=O)C(C)(C)CCC(OCCCCCCCC/C=C\CCCCCCCC)O[Si](C)(C)OCCCCCCN(CCO)CCO. The molecule has 0 radical (unpaired) electrons. The van der Waals surface area contributed by atoms with E-state index in [1.165, 1.54) is 308 Å². The molecule has 0 fully saturated rings. The second-order valence-corrected chi connectivity index (χ2v) is 46.3. The highest BCUT2D eigenvalue weighted by Gasteiger charge is 2.36. The molecule has 0 aromatic rings. The van der Waals surface area contributed by atoms with Crippen LogP contribution in [-0.4, -0.2) is 177 Å². The predicted molar refractivity (Wildman–Crippen MR) is 552 cm³/mol. The van der Waals surface area contributed by atoms with Crippen molar-refractivity contribution < 1.29 is 66.7 Å². The number of esters is 2. The molecule has 0 bridgehead atoms. The molecule has 2 unspecified atom stereocenters. The number of unbranched alkanes of at least 4 members (excludes halogenated alkanes) is 54. The molecule has 128 heavy (non-hydrogen) atoms. The van der Waals surface area contributed by atoms with Crippen LogP contribution >= 0.6 is 0 Å². The van der Waals surface area contributed by atoms with E-state index in [0.29, 0.717) is 91.5 Å². The van der Waals surface area contributed by atoms with Crippen LogP contribution in [-0.2, 0) is 46.2 Å². The average Bonchev–Trinajstić information content (AvgIpc) is 0.880. The van der Waals surface area contributed by atoms with Crippen molar-refractivity contribution >= 4 is 29.1 Å². The summed E-state index contributed by atoms with van der Waals surface area (Å²) in [5.74, 6) is -0.258. The van der Waals surface area contributed by atoms with Gasteiger partial charge in [0.1, 0.15) is 12.6 Å². The largest absolute Gasteiger partial charge is 0.465 e. The zero-order chi connectivity index (χ0) is 94.2. The lowest BCUT2D eigenvalue weighted by molar-refractivity contribution is -0.157. The van der Waals surface area contributed by atoms with Crippen molar-refractivity contribution in [1.29, 1.82) is 0 Å². The van der Waals surface area contributed by atoms with E-state index in [9.17, 15) is 30.0 Å². The van der Waals surface area contributed by atoms with Crippen molar-refractivity contribution in [3.05, 3.63) is 48.6 Å². The Bertz CT molecular complexity index is 2220. The number of aliphatic hydroxyl groups excluding tert-OH is 4. The van der Waals surface area contributed by atoms with Crippen LogP contribution in [0.15, 0.2) is 48.6 Å². The van der Waals surface area contributed by atoms with Gasteiger partial charge in [0.2, 0.25) is 0 Å². The van der Waals surface area contributed by atoms with Gasteiger partial charge in [0, 0.05) is 52.6 Å². The minimum atomic E-state index is -2.48. The summed E-state index contributed by atoms with van der Waals surface area (Å²) in [6.07, 6.45) is 100. The summed E-state index contributed by atoms with van der Waals surface area (Å²) in [6.45, 7) is 33.8. The van der Waals surface area contributed by atoms with Crippen molar-refractivity contribution in [1.82, 2.24) is 9.80 Å². The molecule has 0 saturated carbocycles. The van der Waals surface area contributed by atoms with Gasteiger partial charge in [0.25, 0.3) is 0 Å². The molecule has 2 atom stereocenters. The molecule has 0 rings (SSSR count). The minimum Gasteiger partial charge on any atom is -0.465 e. The molecule has 0 spiro atoms. The van der Waals surface area contributed by atoms with Crippen molar-refractivity contribution in [3.63, 3.8) is 0 Å². The normalized spacial score (nSPS) is 13.0. The number of aliphatic hydroxyl groups is 4. The third kappa shape index (κ3) is 92.9. The number of allylic oxidation sites excluding steroid dienone is 8. The van der Waals surface area contributed by atoms with E-state index in [-0.39, 0.29) is 38.4 Å². The van der Waals surface area contributed by atoms with E-state index in [2.05, 4.69) is 112 Å². The molecule has 0 saturated heterocycles. The first-order valence-electron chi connectivity index (χ1n) is 54.9. The molecule has 0 aliphatic carbocycles. The first kappa shape index (κ1) is 128. The number of nitrogens with zero attached hydrogens (tertiary/aromatic N) is 2. The Morgan fingerprint density at radius 1 is 0.266 bits per heavy atom. The standard InChI is InChI=1S/2C55H109NO7Si/c2*1-7-9-11-13-15-17-19-21-23-25-27-29-31-33-36-40-50-60-53(63-64(5,6)62-52-42-38-35-39-45-56(46-48-57)47-49-58)43-44-55(3,4)54(59)61-51-41-37-34-32-30-28-26-24-22-20-18-16-14-12-10-8-2/h2*21-24,53,57-58H,7-20,25-52H2,1-6H3/b2*23-21-,24-22-. The van der Waals surface area contributed by atoms with Crippen LogP contribution in [0.1, 0.15) is 492 Å². The Hall–Kier alpha value is -2.15. The van der Waals surface area contributed by atoms with Gasteiger partial charge in [-0.1, -0.05) is 333 Å². The maximum atomic E-state index is 13.2. The molecule has 0 aliphatic heterocycles. The van der Waals surface area contributed by atoms with E-state index in [1.54, 1.807) is 0 Å². The highest BCUT2D eigenvalue weighted by molar-refractivity contribution is 6.64. The van der Waals surface area contributed by atoms with Gasteiger partial charge in [-0.15, -0.1) is 0 Å². The van der Waals surface area contributed by atoms with Crippen molar-refractivity contribution in [2.75, 3.05) is 105 Å². The third-order valence-corrected chi connectivity index (χ3v) is 28.4. The lowest BCUT2D eigenvalue weighted by Crippen LogP contribution is -2.41. The van der Waals surface area contributed by atoms with Gasteiger partial charge in [-0.3, -0.25) is 19.4 Å². The van der Waals surface area contributed by atoms with Crippen LogP contribution < -0.4 is 0 Å². The fraction of sp³-hybridized carbons (Fsp3) is 0.909. The molecule has 0 amide bonds. The van der Waals surface area contributed by atoms with E-state index < -0.39 is 40.5 Å². The molecule has 760 valence electrons. The second kappa shape index (κ2) is 97.9. The van der Waals surface area contributed by atoms with Crippen LogP contribution in [0.25, 0.3) is 0 Å². The Balaban J connectivity index is 0. The second-order valence-electron chi connectivity index (χ2n) is 39.6. The number of carbonyl (C=O) groups excluding carboxylic acids is 2. The number of hydrogen-bond acceptors (Lipinski definition) is 16. The first-order chi connectivity index (χ1) is 62.2. The van der Waals surface area contributed by atoms with Crippen molar-refractivity contribution in [2.45, 2.75) is 531 Å². The smallest absolute Gasteiger partial charge is 0.333 e. The van der Waals surface area contributed by atoms with Crippen LogP contribution in [0.5, 0.6) is 0 Å². The average molecular weight is 1850 g/mol. The van der Waals surface area contributed by atoms with Gasteiger partial charge in [-0.2, -0.15) is 0 Å². The lowest BCUT2D eigenvalue weighted by Gasteiger charge is -2.31. The van der Waals surface area contributed by atoms with Gasteiger partial charge in [-0.05, 0) is 247 Å². The fourth-order valence-electron chi connectivity index (χ4n) is 16.2. The number of carbonyl (C=O) groups is 2. The molecule has 16 nitrogen and oxygen atoms in total. The first-order valence-corrected chi connectivity index (χ1v) is 60.6. The molecular formula is C110H218N2O14Si2. The summed E-state index contributed by atoms with van der Waals surface area (Å²) < 4.78 is 50.5. The number of hydrogen-bond donors (Lipinski definition) is 4. The molecule has 18 heteroatoms. The highest BCUT2D eigenvalue weighted by atomic mass is 28.4. The van der Waals surface area contributed by atoms with Gasteiger partial charge >= 0.3 is 29.1 Å². The van der Waals surface area contributed by atoms with E-state index in [4.69, 9.17) is 36.7 Å². The van der Waals surface area contributed by atoms with Gasteiger partial charge in [0.15, 0.2) is 0 Å². The maximum Gasteiger partial charge on any atom is 0.333 e. The van der Waals surface area contributed by atoms with Crippen LogP contribution in [0.3, 0.4) is 0 Å². The molecular weight excluding hydrogens is 1630 g/mol. The topological polar surface area (TPSA) is 195 Å². The summed E-state index contributed by atoms with van der Waals surface area (Å²) in [6, 6.07) is 0. The highest BCUT2D eigenvalue weighted by Crippen LogP contribution is 2.31. The van der Waals surface area contributed by atoms with Gasteiger partial charge in [0.05, 0.1) is 50.5 Å². The van der Waals surface area contributed by atoms with Crippen LogP contribution in [0.2, 0.25) is 26.2 Å². The minimum absolute atomic E-state index is 0.121. The number of rotatable bonds is 102. The lowest BCUT2D eigenvalue weighted by atomic mass is 9.88. The Labute approximate surface area is 796 Å². The Kier molecular flexibility index (Phi) is 97.8. The maximum absolute atomic E-state index is 13.2. The van der Waals surface area contributed by atoms with E-state index in [0.717, 1.165) is 116 Å². The molecule has 0 aromatic carbocycles. The third-order valence-electron chi connectivity index (χ3n) is 24.9. The molecule has 4 N–H and O–H groups in total. The summed E-state index contributed by atoms with van der Waals surface area (Å²) in [5, 5.41) is 37.0.